The van der Waals surface area contributed by atoms with Crippen LogP contribution in [0.25, 0.3) is 0 Å². The number of fused-ring (bicyclic) bond motifs is 2. The van der Waals surface area contributed by atoms with Gasteiger partial charge < -0.3 is 11.1 Å². The van der Waals surface area contributed by atoms with Crippen molar-refractivity contribution in [1.82, 2.24) is 5.32 Å². The van der Waals surface area contributed by atoms with Crippen molar-refractivity contribution < 1.29 is 4.79 Å². The number of allylic oxidation sites excluding steroid dienone is 2. The molecule has 0 heterocycles. The number of benzene rings is 2. The molecule has 3 N–H and O–H groups in total. The Hall–Kier alpha value is -2.66. The zero-order valence-corrected chi connectivity index (χ0v) is 15.9. The van der Waals surface area contributed by atoms with E-state index >= 15 is 0 Å². The molecular weight excluding hydrogens is 354 g/mol. The van der Waals surface area contributed by atoms with Gasteiger partial charge in [-0.2, -0.15) is 0 Å². The Labute approximate surface area is 165 Å². The lowest BCUT2D eigenvalue weighted by molar-refractivity contribution is 0.0945. The molecule has 0 aliphatic heterocycles. The van der Waals surface area contributed by atoms with Gasteiger partial charge in [0.25, 0.3) is 5.91 Å². The van der Waals surface area contributed by atoms with Crippen LogP contribution in [0.3, 0.4) is 0 Å². The van der Waals surface area contributed by atoms with Gasteiger partial charge in [-0.15, -0.1) is 0 Å². The van der Waals surface area contributed by atoms with Crippen LogP contribution in [0.1, 0.15) is 23.2 Å². The van der Waals surface area contributed by atoms with Crippen LogP contribution in [0.4, 0.5) is 11.4 Å². The predicted molar refractivity (Wildman–Crippen MR) is 113 cm³/mol. The monoisotopic (exact) mass is 377 g/mol. The van der Waals surface area contributed by atoms with Crippen LogP contribution in [0.2, 0.25) is 0 Å². The number of para-hydroxylation sites is 1. The topological polar surface area (TPSA) is 58.4 Å². The summed E-state index contributed by atoms with van der Waals surface area (Å²) in [6, 6.07) is 17.1. The highest BCUT2D eigenvalue weighted by molar-refractivity contribution is 7.80. The standard InChI is InChI=1S/C22H23N3OS/c23-22(27)25(19-4-2-1-3-5-19)20-10-8-16(9-11-20)21(26)24-14-18-13-15-6-7-17(18)12-15/h1-11,15,17-18H,12-14H2,(H2,23,27)(H,24,26). The van der Waals surface area contributed by atoms with E-state index in [2.05, 4.69) is 17.5 Å². The molecule has 0 radical (unpaired) electrons. The summed E-state index contributed by atoms with van der Waals surface area (Å²) in [7, 11) is 0. The molecule has 1 saturated carbocycles. The van der Waals surface area contributed by atoms with E-state index in [1.54, 1.807) is 4.90 Å². The summed E-state index contributed by atoms with van der Waals surface area (Å²) < 4.78 is 0. The van der Waals surface area contributed by atoms with E-state index in [1.165, 1.54) is 12.8 Å². The van der Waals surface area contributed by atoms with E-state index in [0.717, 1.165) is 23.8 Å². The van der Waals surface area contributed by atoms with Crippen LogP contribution in [0.5, 0.6) is 0 Å². The molecule has 2 aromatic rings. The Bertz CT molecular complexity index is 863. The molecule has 0 aromatic heterocycles. The van der Waals surface area contributed by atoms with Crippen LogP contribution in [-0.4, -0.2) is 17.6 Å². The molecule has 2 bridgehead atoms. The second-order valence-corrected chi connectivity index (χ2v) is 7.72. The van der Waals surface area contributed by atoms with Gasteiger partial charge in [-0.25, -0.2) is 0 Å². The van der Waals surface area contributed by atoms with Crippen LogP contribution in [0.15, 0.2) is 66.7 Å². The van der Waals surface area contributed by atoms with E-state index in [0.29, 0.717) is 17.4 Å². The molecule has 2 aliphatic rings. The van der Waals surface area contributed by atoms with Crippen molar-refractivity contribution in [3.05, 3.63) is 72.3 Å². The summed E-state index contributed by atoms with van der Waals surface area (Å²) in [6.45, 7) is 0.745. The van der Waals surface area contributed by atoms with Gasteiger partial charge in [0.2, 0.25) is 0 Å². The predicted octanol–water partition coefficient (Wildman–Crippen LogP) is 4.01. The molecule has 3 unspecified atom stereocenters. The molecule has 138 valence electrons. The van der Waals surface area contributed by atoms with Gasteiger partial charge in [-0.05, 0) is 79.2 Å². The van der Waals surface area contributed by atoms with Crippen molar-refractivity contribution in [3.8, 4) is 0 Å². The molecule has 1 fully saturated rings. The molecule has 0 spiro atoms. The second-order valence-electron chi connectivity index (χ2n) is 7.31. The van der Waals surface area contributed by atoms with Crippen molar-refractivity contribution in [1.29, 1.82) is 0 Å². The minimum atomic E-state index is -0.0325. The molecule has 0 saturated heterocycles. The lowest BCUT2D eigenvalue weighted by Gasteiger charge is -2.23. The first-order valence-electron chi connectivity index (χ1n) is 9.33. The highest BCUT2D eigenvalue weighted by atomic mass is 32.1. The highest BCUT2D eigenvalue weighted by Gasteiger charge is 2.35. The quantitative estimate of drug-likeness (QED) is 0.611. The molecule has 4 nitrogen and oxygen atoms in total. The van der Waals surface area contributed by atoms with Crippen molar-refractivity contribution in [2.45, 2.75) is 12.8 Å². The summed E-state index contributed by atoms with van der Waals surface area (Å²) in [5.74, 6) is 1.91. The minimum Gasteiger partial charge on any atom is -0.376 e. The number of carbonyl (C=O) groups excluding carboxylic acids is 1. The number of anilines is 2. The van der Waals surface area contributed by atoms with E-state index in [1.807, 2.05) is 54.6 Å². The maximum atomic E-state index is 12.5. The summed E-state index contributed by atoms with van der Waals surface area (Å²) in [5, 5.41) is 3.36. The fourth-order valence-electron chi connectivity index (χ4n) is 4.20. The van der Waals surface area contributed by atoms with Crippen LogP contribution in [-0.2, 0) is 0 Å². The Morgan fingerprint density at radius 2 is 1.74 bits per heavy atom. The van der Waals surface area contributed by atoms with E-state index < -0.39 is 0 Å². The molecule has 1 amide bonds. The van der Waals surface area contributed by atoms with Gasteiger partial charge in [-0.1, -0.05) is 30.4 Å². The second kappa shape index (κ2) is 7.53. The van der Waals surface area contributed by atoms with Crippen LogP contribution in [0, 0.1) is 17.8 Å². The number of amides is 1. The summed E-state index contributed by atoms with van der Waals surface area (Å²) in [6.07, 6.45) is 7.08. The van der Waals surface area contributed by atoms with E-state index in [-0.39, 0.29) is 11.0 Å². The third-order valence-electron chi connectivity index (χ3n) is 5.56. The molecule has 2 aliphatic carbocycles. The Kier molecular flexibility index (Phi) is 4.94. The summed E-state index contributed by atoms with van der Waals surface area (Å²) >= 11 is 5.21. The molecular formula is C22H23N3OS. The average molecular weight is 378 g/mol. The molecule has 27 heavy (non-hydrogen) atoms. The smallest absolute Gasteiger partial charge is 0.251 e. The normalized spacial score (nSPS) is 22.6. The Balaban J connectivity index is 1.42. The Morgan fingerprint density at radius 1 is 1.04 bits per heavy atom. The number of hydrogen-bond donors (Lipinski definition) is 2. The number of nitrogens with zero attached hydrogens (tertiary/aromatic N) is 1. The summed E-state index contributed by atoms with van der Waals surface area (Å²) in [4.78, 5) is 14.3. The fourth-order valence-corrected chi connectivity index (χ4v) is 4.41. The van der Waals surface area contributed by atoms with Gasteiger partial charge in [0.15, 0.2) is 5.11 Å². The minimum absolute atomic E-state index is 0.0325. The van der Waals surface area contributed by atoms with Crippen molar-refractivity contribution in [2.75, 3.05) is 11.4 Å². The van der Waals surface area contributed by atoms with Crippen molar-refractivity contribution in [3.63, 3.8) is 0 Å². The van der Waals surface area contributed by atoms with Gasteiger partial charge in [0.1, 0.15) is 0 Å². The van der Waals surface area contributed by atoms with Gasteiger partial charge >= 0.3 is 0 Å². The summed E-state index contributed by atoms with van der Waals surface area (Å²) in [5.41, 5.74) is 8.30. The highest BCUT2D eigenvalue weighted by Crippen LogP contribution is 2.42. The number of nitrogens with one attached hydrogen (secondary N) is 1. The molecule has 3 atom stereocenters. The Morgan fingerprint density at radius 3 is 2.33 bits per heavy atom. The zero-order valence-electron chi connectivity index (χ0n) is 15.0. The fraction of sp³-hybridized carbons (Fsp3) is 0.273. The van der Waals surface area contributed by atoms with Crippen LogP contribution >= 0.6 is 12.2 Å². The molecule has 2 aromatic carbocycles. The maximum absolute atomic E-state index is 12.5. The van der Waals surface area contributed by atoms with Crippen LogP contribution < -0.4 is 16.0 Å². The van der Waals surface area contributed by atoms with Gasteiger partial charge in [-0.3, -0.25) is 9.69 Å². The lowest BCUT2D eigenvalue weighted by atomic mass is 9.93. The largest absolute Gasteiger partial charge is 0.376 e. The zero-order chi connectivity index (χ0) is 18.8. The van der Waals surface area contributed by atoms with Gasteiger partial charge in [0.05, 0.1) is 0 Å². The first-order valence-corrected chi connectivity index (χ1v) is 9.74. The van der Waals surface area contributed by atoms with E-state index in [4.69, 9.17) is 18.0 Å². The number of carbonyl (C=O) groups is 1. The molecule has 4 rings (SSSR count). The van der Waals surface area contributed by atoms with Gasteiger partial charge in [0, 0.05) is 23.5 Å². The lowest BCUT2D eigenvalue weighted by Crippen LogP contribution is -2.32. The van der Waals surface area contributed by atoms with Crippen molar-refractivity contribution >= 4 is 34.6 Å². The molecule has 5 heteroatoms. The third-order valence-corrected chi connectivity index (χ3v) is 5.75. The number of thiocarbonyl (C=S) groups is 1. The number of rotatable bonds is 5. The SMILES string of the molecule is NC(=S)N(c1ccccc1)c1ccc(C(=O)NCC2CC3C=CC2C3)cc1. The van der Waals surface area contributed by atoms with E-state index in [9.17, 15) is 4.79 Å². The number of nitrogens with two attached hydrogens (primary N) is 1. The number of hydrogen-bond acceptors (Lipinski definition) is 2. The average Bonchev–Trinajstić information content (AvgIpc) is 3.31. The first kappa shape index (κ1) is 17.7. The first-order chi connectivity index (χ1) is 13.1. The van der Waals surface area contributed by atoms with Crippen molar-refractivity contribution in [2.24, 2.45) is 23.5 Å². The third kappa shape index (κ3) is 3.74. The maximum Gasteiger partial charge on any atom is 0.251 e.